The van der Waals surface area contributed by atoms with Crippen LogP contribution < -0.4 is 5.32 Å². The maximum Gasteiger partial charge on any atom is 0.416 e. The van der Waals surface area contributed by atoms with Crippen LogP contribution in [0.4, 0.5) is 19.1 Å². The van der Waals surface area contributed by atoms with Crippen molar-refractivity contribution in [2.75, 3.05) is 12.4 Å². The van der Waals surface area contributed by atoms with E-state index in [-0.39, 0.29) is 28.5 Å². The molecule has 0 aliphatic heterocycles. The van der Waals surface area contributed by atoms with Gasteiger partial charge in [0.25, 0.3) is 0 Å². The molecule has 2 rings (SSSR count). The summed E-state index contributed by atoms with van der Waals surface area (Å²) in [7, 11) is 1.23. The van der Waals surface area contributed by atoms with E-state index >= 15 is 0 Å². The molecular weight excluding hydrogens is 339 g/mol. The van der Waals surface area contributed by atoms with Crippen LogP contribution in [0.15, 0.2) is 28.7 Å². The van der Waals surface area contributed by atoms with Gasteiger partial charge < -0.3 is 19.6 Å². The number of anilines is 1. The molecule has 0 saturated carbocycles. The second-order valence-corrected chi connectivity index (χ2v) is 5.42. The molecule has 25 heavy (non-hydrogen) atoms. The Balaban J connectivity index is 2.50. The largest absolute Gasteiger partial charge is 0.504 e. The van der Waals surface area contributed by atoms with Crippen LogP contribution in [0.1, 0.15) is 24.7 Å². The fourth-order valence-corrected chi connectivity index (χ4v) is 2.38. The summed E-state index contributed by atoms with van der Waals surface area (Å²) in [5, 5.41) is 13.0. The maximum atomic E-state index is 12.9. The molecule has 0 radical (unpaired) electrons. The summed E-state index contributed by atoms with van der Waals surface area (Å²) in [5.41, 5.74) is -0.674. The molecular formula is C17H18F3NO4. The highest BCUT2D eigenvalue weighted by molar-refractivity contribution is 5.85. The molecule has 1 atom stereocenters. The van der Waals surface area contributed by atoms with Gasteiger partial charge in [-0.05, 0) is 31.0 Å². The van der Waals surface area contributed by atoms with Crippen LogP contribution in [-0.2, 0) is 15.7 Å². The number of carbonyl (C=O) groups excluding carboxylic acids is 1. The average Bonchev–Trinajstić information content (AvgIpc) is 2.85. The first-order chi connectivity index (χ1) is 11.7. The third kappa shape index (κ3) is 3.89. The molecule has 0 spiro atoms. The molecule has 0 bridgehead atoms. The van der Waals surface area contributed by atoms with Crippen molar-refractivity contribution in [2.45, 2.75) is 32.5 Å². The Bertz CT molecular complexity index is 768. The van der Waals surface area contributed by atoms with Crippen molar-refractivity contribution >= 4 is 11.9 Å². The number of ether oxygens (including phenoxy) is 1. The fraction of sp³-hybridized carbons (Fsp3) is 0.353. The van der Waals surface area contributed by atoms with Gasteiger partial charge in [-0.25, -0.2) is 4.79 Å². The molecule has 1 aromatic heterocycles. The van der Waals surface area contributed by atoms with Crippen molar-refractivity contribution in [1.82, 2.24) is 0 Å². The molecule has 0 aliphatic carbocycles. The number of aromatic hydroxyl groups is 1. The minimum atomic E-state index is -4.52. The first-order valence-electron chi connectivity index (χ1n) is 7.53. The summed E-state index contributed by atoms with van der Waals surface area (Å²) in [6.07, 6.45) is -4.16. The molecule has 2 N–H and O–H groups in total. The standard InChI is InChI=1S/C17H18F3NO4/c1-4-12(16(23)24-3)21-15-13(14(22)9(2)25-15)10-6-5-7-11(8-10)17(18,19)20/h5-8,12,21-22H,4H2,1-3H3. The van der Waals surface area contributed by atoms with Crippen molar-refractivity contribution in [1.29, 1.82) is 0 Å². The minimum absolute atomic E-state index is 0.00609. The number of hydrogen-bond donors (Lipinski definition) is 2. The first-order valence-corrected chi connectivity index (χ1v) is 7.53. The number of esters is 1. The van der Waals surface area contributed by atoms with Crippen LogP contribution >= 0.6 is 0 Å². The van der Waals surface area contributed by atoms with E-state index in [9.17, 15) is 23.1 Å². The Morgan fingerprint density at radius 1 is 1.40 bits per heavy atom. The number of halogens is 3. The number of rotatable bonds is 5. The smallest absolute Gasteiger partial charge is 0.416 e. The minimum Gasteiger partial charge on any atom is -0.504 e. The first kappa shape index (κ1) is 18.7. The van der Waals surface area contributed by atoms with E-state index in [4.69, 9.17) is 4.42 Å². The molecule has 136 valence electrons. The highest BCUT2D eigenvalue weighted by Gasteiger charge is 2.32. The number of aryl methyl sites for hydroxylation is 1. The zero-order valence-electron chi connectivity index (χ0n) is 13.9. The summed E-state index contributed by atoms with van der Waals surface area (Å²) in [4.78, 5) is 11.7. The Kier molecular flexibility index (Phi) is 5.30. The van der Waals surface area contributed by atoms with Crippen LogP contribution in [0.3, 0.4) is 0 Å². The Morgan fingerprint density at radius 2 is 2.08 bits per heavy atom. The lowest BCUT2D eigenvalue weighted by Gasteiger charge is -2.15. The van der Waals surface area contributed by atoms with Crippen LogP contribution in [0.25, 0.3) is 11.1 Å². The highest BCUT2D eigenvalue weighted by atomic mass is 19.4. The zero-order chi connectivity index (χ0) is 18.8. The lowest BCUT2D eigenvalue weighted by Crippen LogP contribution is -2.29. The summed E-state index contributed by atoms with van der Waals surface area (Å²) in [6.45, 7) is 3.20. The normalized spacial score (nSPS) is 12.7. The number of hydrogen-bond acceptors (Lipinski definition) is 5. The second-order valence-electron chi connectivity index (χ2n) is 5.42. The van der Waals surface area contributed by atoms with Gasteiger partial charge in [0.15, 0.2) is 5.75 Å². The van der Waals surface area contributed by atoms with Gasteiger partial charge in [-0.15, -0.1) is 0 Å². The van der Waals surface area contributed by atoms with E-state index in [2.05, 4.69) is 10.1 Å². The molecule has 1 heterocycles. The number of benzene rings is 1. The Morgan fingerprint density at radius 3 is 2.64 bits per heavy atom. The molecule has 2 aromatic rings. The SMILES string of the molecule is CCC(Nc1oc(C)c(O)c1-c1cccc(C(F)(F)F)c1)C(=O)OC. The van der Waals surface area contributed by atoms with Gasteiger partial charge in [0.2, 0.25) is 5.88 Å². The van der Waals surface area contributed by atoms with Crippen LogP contribution in [-0.4, -0.2) is 24.2 Å². The lowest BCUT2D eigenvalue weighted by atomic mass is 10.0. The maximum absolute atomic E-state index is 12.9. The van der Waals surface area contributed by atoms with Gasteiger partial charge in [-0.2, -0.15) is 13.2 Å². The van der Waals surface area contributed by atoms with E-state index in [1.165, 1.54) is 26.2 Å². The van der Waals surface area contributed by atoms with Gasteiger partial charge in [0, 0.05) is 0 Å². The average molecular weight is 357 g/mol. The quantitative estimate of drug-likeness (QED) is 0.779. The summed E-state index contributed by atoms with van der Waals surface area (Å²) in [5.74, 6) is -0.714. The van der Waals surface area contributed by atoms with Crippen molar-refractivity contribution < 1.29 is 32.2 Å². The van der Waals surface area contributed by atoms with Crippen molar-refractivity contribution in [3.8, 4) is 16.9 Å². The molecule has 0 amide bonds. The van der Waals surface area contributed by atoms with E-state index in [1.807, 2.05) is 0 Å². The van der Waals surface area contributed by atoms with E-state index in [0.717, 1.165) is 12.1 Å². The van der Waals surface area contributed by atoms with Crippen molar-refractivity contribution in [3.63, 3.8) is 0 Å². The molecule has 1 unspecified atom stereocenters. The zero-order valence-corrected chi connectivity index (χ0v) is 13.9. The Hall–Kier alpha value is -2.64. The number of nitrogens with one attached hydrogen (secondary N) is 1. The van der Waals surface area contributed by atoms with Gasteiger partial charge >= 0.3 is 12.1 Å². The van der Waals surface area contributed by atoms with Gasteiger partial charge in [-0.3, -0.25) is 0 Å². The molecule has 0 aliphatic rings. The predicted molar refractivity (Wildman–Crippen MR) is 85.3 cm³/mol. The van der Waals surface area contributed by atoms with E-state index in [1.54, 1.807) is 6.92 Å². The van der Waals surface area contributed by atoms with Crippen molar-refractivity contribution in [2.24, 2.45) is 0 Å². The monoisotopic (exact) mass is 357 g/mol. The van der Waals surface area contributed by atoms with Gasteiger partial charge in [0.1, 0.15) is 11.8 Å². The number of alkyl halides is 3. The molecule has 1 aromatic carbocycles. The predicted octanol–water partition coefficient (Wildman–Crippen LogP) is 4.34. The van der Waals surface area contributed by atoms with Crippen LogP contribution in [0.2, 0.25) is 0 Å². The third-order valence-corrected chi connectivity index (χ3v) is 3.73. The van der Waals surface area contributed by atoms with E-state index in [0.29, 0.717) is 6.42 Å². The summed E-state index contributed by atoms with van der Waals surface area (Å²) in [6, 6.07) is 3.74. The Labute approximate surface area is 142 Å². The lowest BCUT2D eigenvalue weighted by molar-refractivity contribution is -0.141. The number of methoxy groups -OCH3 is 1. The fourth-order valence-electron chi connectivity index (χ4n) is 2.38. The summed E-state index contributed by atoms with van der Waals surface area (Å²) < 4.78 is 48.9. The third-order valence-electron chi connectivity index (χ3n) is 3.73. The van der Waals surface area contributed by atoms with E-state index < -0.39 is 23.8 Å². The van der Waals surface area contributed by atoms with Crippen molar-refractivity contribution in [3.05, 3.63) is 35.6 Å². The van der Waals surface area contributed by atoms with Gasteiger partial charge in [-0.1, -0.05) is 19.1 Å². The van der Waals surface area contributed by atoms with Crippen LogP contribution in [0, 0.1) is 6.92 Å². The number of carbonyl (C=O) groups is 1. The summed E-state index contributed by atoms with van der Waals surface area (Å²) >= 11 is 0. The highest BCUT2D eigenvalue weighted by Crippen LogP contribution is 2.43. The van der Waals surface area contributed by atoms with Crippen LogP contribution in [0.5, 0.6) is 5.75 Å². The molecule has 8 heteroatoms. The number of furan rings is 1. The second kappa shape index (κ2) is 7.08. The molecule has 0 fully saturated rings. The topological polar surface area (TPSA) is 71.7 Å². The molecule has 0 saturated heterocycles. The van der Waals surface area contributed by atoms with Gasteiger partial charge in [0.05, 0.1) is 18.2 Å². The molecule has 5 nitrogen and oxygen atoms in total.